The van der Waals surface area contributed by atoms with Crippen molar-refractivity contribution in [2.75, 3.05) is 23.8 Å². The minimum absolute atomic E-state index is 0.322. The summed E-state index contributed by atoms with van der Waals surface area (Å²) >= 11 is 0. The largest absolute Gasteiger partial charge is 0.387 e. The van der Waals surface area contributed by atoms with Gasteiger partial charge in [0, 0.05) is 24.9 Å². The summed E-state index contributed by atoms with van der Waals surface area (Å²) in [4.78, 5) is 9.05. The second kappa shape index (κ2) is 6.26. The predicted molar refractivity (Wildman–Crippen MR) is 90.5 cm³/mol. The zero-order valence-electron chi connectivity index (χ0n) is 12.7. The van der Waals surface area contributed by atoms with Crippen LogP contribution in [0.4, 0.5) is 17.5 Å². The fourth-order valence-corrected chi connectivity index (χ4v) is 2.83. The van der Waals surface area contributed by atoms with Crippen LogP contribution in [0.3, 0.4) is 0 Å². The first kappa shape index (κ1) is 14.0. The first-order valence-electron chi connectivity index (χ1n) is 7.85. The second-order valence-electron chi connectivity index (χ2n) is 5.68. The first-order chi connectivity index (χ1) is 11.4. The average molecular weight is 309 g/mol. The summed E-state index contributed by atoms with van der Waals surface area (Å²) < 4.78 is 5.45. The molecule has 0 aliphatic carbocycles. The van der Waals surface area contributed by atoms with Gasteiger partial charge in [0.2, 0.25) is 0 Å². The van der Waals surface area contributed by atoms with Crippen LogP contribution in [0.25, 0.3) is 6.08 Å². The third-order valence-electron chi connectivity index (χ3n) is 4.01. The summed E-state index contributed by atoms with van der Waals surface area (Å²) in [7, 11) is 0. The molecule has 2 aromatic heterocycles. The monoisotopic (exact) mass is 309 g/mol. The summed E-state index contributed by atoms with van der Waals surface area (Å²) in [5, 5.41) is 10.0. The van der Waals surface area contributed by atoms with E-state index < -0.39 is 0 Å². The molecule has 1 atom stereocenters. The Bertz CT molecular complexity index is 710. The molecule has 6 heteroatoms. The molecule has 1 saturated heterocycles. The molecule has 2 aliphatic heterocycles. The summed E-state index contributed by atoms with van der Waals surface area (Å²) in [6.07, 6.45) is 6.81. The summed E-state index contributed by atoms with van der Waals surface area (Å²) in [5.74, 6) is 2.48. The minimum atomic E-state index is 0.322. The molecule has 0 bridgehead atoms. The molecule has 4 heterocycles. The van der Waals surface area contributed by atoms with Crippen molar-refractivity contribution in [3.63, 3.8) is 0 Å². The molecule has 1 unspecified atom stereocenters. The Morgan fingerprint density at radius 3 is 3.09 bits per heavy atom. The zero-order valence-corrected chi connectivity index (χ0v) is 12.7. The van der Waals surface area contributed by atoms with Crippen molar-refractivity contribution in [2.45, 2.75) is 19.0 Å². The lowest BCUT2D eigenvalue weighted by Gasteiger charge is -2.21. The van der Waals surface area contributed by atoms with E-state index in [0.717, 1.165) is 43.6 Å². The summed E-state index contributed by atoms with van der Waals surface area (Å²) in [6, 6.07) is 8.15. The molecule has 4 rings (SSSR count). The van der Waals surface area contributed by atoms with E-state index in [1.165, 1.54) is 11.1 Å². The van der Waals surface area contributed by atoms with Crippen LogP contribution in [0, 0.1) is 0 Å². The van der Waals surface area contributed by atoms with Crippen molar-refractivity contribution < 1.29 is 4.74 Å². The quantitative estimate of drug-likeness (QED) is 0.806. The van der Waals surface area contributed by atoms with Crippen LogP contribution < -0.4 is 16.0 Å². The van der Waals surface area contributed by atoms with Crippen LogP contribution in [0.5, 0.6) is 0 Å². The van der Waals surface area contributed by atoms with Gasteiger partial charge in [-0.25, -0.2) is 9.97 Å². The molecule has 2 aromatic rings. The zero-order chi connectivity index (χ0) is 15.5. The van der Waals surface area contributed by atoms with Gasteiger partial charge in [0.05, 0.1) is 12.6 Å². The molecule has 23 heavy (non-hydrogen) atoms. The van der Waals surface area contributed by atoms with Crippen LogP contribution in [-0.4, -0.2) is 29.2 Å². The standard InChI is InChI=1S/C17H19N5O/c1-2-6-19-15(3-1)21-16-9-12-4-7-18-10-14(12)17(22-16)20-13-5-8-23-11-13/h1-4,6-7,9,13,18H,5,8,10-11H2,(H2,19,20,21,22). The lowest BCUT2D eigenvalue weighted by atomic mass is 10.1. The van der Waals surface area contributed by atoms with Crippen molar-refractivity contribution in [3.8, 4) is 0 Å². The average Bonchev–Trinajstić information content (AvgIpc) is 3.09. The number of aromatic nitrogens is 2. The predicted octanol–water partition coefficient (Wildman–Crippen LogP) is 2.49. The highest BCUT2D eigenvalue weighted by atomic mass is 16.5. The first-order valence-corrected chi connectivity index (χ1v) is 7.85. The van der Waals surface area contributed by atoms with Gasteiger partial charge in [-0.15, -0.1) is 0 Å². The van der Waals surface area contributed by atoms with Gasteiger partial charge in [-0.05, 0) is 42.5 Å². The number of nitrogens with zero attached hydrogens (tertiary/aromatic N) is 2. The Labute approximate surface area is 135 Å². The van der Waals surface area contributed by atoms with Gasteiger partial charge >= 0.3 is 0 Å². The normalized spacial score (nSPS) is 19.0. The molecule has 0 aromatic carbocycles. The highest BCUT2D eigenvalue weighted by Gasteiger charge is 2.20. The number of pyridine rings is 2. The number of hydrogen-bond acceptors (Lipinski definition) is 6. The van der Waals surface area contributed by atoms with Crippen LogP contribution in [0.1, 0.15) is 17.5 Å². The van der Waals surface area contributed by atoms with Crippen LogP contribution in [-0.2, 0) is 11.3 Å². The molecule has 0 amide bonds. The number of rotatable bonds is 4. The molecule has 3 N–H and O–H groups in total. The molecule has 0 radical (unpaired) electrons. The molecule has 1 fully saturated rings. The number of anilines is 3. The van der Waals surface area contributed by atoms with Crippen molar-refractivity contribution in [3.05, 3.63) is 47.8 Å². The van der Waals surface area contributed by atoms with Gasteiger partial charge in [0.15, 0.2) is 0 Å². The number of fused-ring (bicyclic) bond motifs is 1. The second-order valence-corrected chi connectivity index (χ2v) is 5.68. The molecule has 0 spiro atoms. The number of ether oxygens (including phenoxy) is 1. The Kier molecular flexibility index (Phi) is 3.81. The maximum atomic E-state index is 5.45. The Balaban J connectivity index is 1.65. The van der Waals surface area contributed by atoms with Crippen LogP contribution in [0.2, 0.25) is 0 Å². The number of nitrogens with one attached hydrogen (secondary N) is 3. The van der Waals surface area contributed by atoms with Crippen molar-refractivity contribution in [2.24, 2.45) is 0 Å². The van der Waals surface area contributed by atoms with Crippen LogP contribution >= 0.6 is 0 Å². The third-order valence-corrected chi connectivity index (χ3v) is 4.01. The van der Waals surface area contributed by atoms with E-state index in [-0.39, 0.29) is 0 Å². The lowest BCUT2D eigenvalue weighted by Crippen LogP contribution is -2.23. The molecule has 118 valence electrons. The Hall–Kier alpha value is -2.60. The third kappa shape index (κ3) is 3.12. The molecule has 2 aliphatic rings. The van der Waals surface area contributed by atoms with E-state index in [1.54, 1.807) is 6.20 Å². The topological polar surface area (TPSA) is 71.1 Å². The van der Waals surface area contributed by atoms with E-state index in [9.17, 15) is 0 Å². The maximum absolute atomic E-state index is 5.45. The molecular formula is C17H19N5O. The highest BCUT2D eigenvalue weighted by molar-refractivity contribution is 5.69. The van der Waals surface area contributed by atoms with Gasteiger partial charge in [0.1, 0.15) is 17.5 Å². The number of hydrogen-bond donors (Lipinski definition) is 3. The van der Waals surface area contributed by atoms with Gasteiger partial charge in [-0.2, -0.15) is 0 Å². The van der Waals surface area contributed by atoms with Crippen molar-refractivity contribution >= 4 is 23.5 Å². The minimum Gasteiger partial charge on any atom is -0.387 e. The van der Waals surface area contributed by atoms with Gasteiger partial charge in [-0.1, -0.05) is 6.07 Å². The Morgan fingerprint density at radius 1 is 1.26 bits per heavy atom. The van der Waals surface area contributed by atoms with Gasteiger partial charge < -0.3 is 20.7 Å². The van der Waals surface area contributed by atoms with E-state index in [0.29, 0.717) is 6.04 Å². The molecule has 0 saturated carbocycles. The fourth-order valence-electron chi connectivity index (χ4n) is 2.83. The smallest absolute Gasteiger partial charge is 0.134 e. The highest BCUT2D eigenvalue weighted by Crippen LogP contribution is 2.27. The van der Waals surface area contributed by atoms with Crippen molar-refractivity contribution in [1.82, 2.24) is 15.3 Å². The summed E-state index contributed by atoms with van der Waals surface area (Å²) in [6.45, 7) is 2.32. The SMILES string of the molecule is C1=Cc2cc(Nc3ccccn3)nc(NC3CCOC3)c2CN1. The van der Waals surface area contributed by atoms with Crippen LogP contribution in [0.15, 0.2) is 36.7 Å². The fraction of sp³-hybridized carbons (Fsp3) is 0.294. The molecule has 6 nitrogen and oxygen atoms in total. The Morgan fingerprint density at radius 2 is 2.26 bits per heavy atom. The summed E-state index contributed by atoms with van der Waals surface area (Å²) in [5.41, 5.74) is 2.35. The van der Waals surface area contributed by atoms with Gasteiger partial charge in [0.25, 0.3) is 0 Å². The van der Waals surface area contributed by atoms with E-state index >= 15 is 0 Å². The molecular weight excluding hydrogens is 290 g/mol. The van der Waals surface area contributed by atoms with Gasteiger partial charge in [-0.3, -0.25) is 0 Å². The lowest BCUT2D eigenvalue weighted by molar-refractivity contribution is 0.195. The maximum Gasteiger partial charge on any atom is 0.134 e. The van der Waals surface area contributed by atoms with E-state index in [1.807, 2.05) is 24.4 Å². The van der Waals surface area contributed by atoms with Crippen molar-refractivity contribution in [1.29, 1.82) is 0 Å². The van der Waals surface area contributed by atoms with E-state index in [2.05, 4.69) is 33.1 Å². The van der Waals surface area contributed by atoms with E-state index in [4.69, 9.17) is 9.72 Å².